The van der Waals surface area contributed by atoms with Crippen molar-refractivity contribution in [3.8, 4) is 0 Å². The standard InChI is InChI=1S/C9H4F7NO/c10-6-2-1-4(3-5(6)8(11,12)13)17-7(18)9(14,15)16/h1-3H,(H,17,18). The number of anilines is 1. The van der Waals surface area contributed by atoms with Crippen LogP contribution < -0.4 is 5.32 Å². The zero-order valence-corrected chi connectivity index (χ0v) is 8.29. The fraction of sp³-hybridized carbons (Fsp3) is 0.222. The molecule has 1 aromatic carbocycles. The first-order valence-electron chi connectivity index (χ1n) is 4.27. The van der Waals surface area contributed by atoms with Crippen molar-refractivity contribution in [2.45, 2.75) is 12.4 Å². The van der Waals surface area contributed by atoms with E-state index in [2.05, 4.69) is 0 Å². The summed E-state index contributed by atoms with van der Waals surface area (Å²) in [6.45, 7) is 0. The van der Waals surface area contributed by atoms with Gasteiger partial charge in [-0.15, -0.1) is 0 Å². The van der Waals surface area contributed by atoms with Gasteiger partial charge in [0.15, 0.2) is 0 Å². The van der Waals surface area contributed by atoms with E-state index in [1.54, 1.807) is 0 Å². The van der Waals surface area contributed by atoms with Gasteiger partial charge in [0.25, 0.3) is 0 Å². The molecule has 0 bridgehead atoms. The molecular weight excluding hydrogens is 271 g/mol. The first kappa shape index (κ1) is 14.3. The van der Waals surface area contributed by atoms with Crippen LogP contribution in [0.5, 0.6) is 0 Å². The largest absolute Gasteiger partial charge is 0.471 e. The number of carbonyl (C=O) groups excluding carboxylic acids is 1. The molecule has 0 saturated heterocycles. The summed E-state index contributed by atoms with van der Waals surface area (Å²) in [6, 6.07) is 0.988. The molecule has 0 aliphatic carbocycles. The maximum Gasteiger partial charge on any atom is 0.471 e. The number of benzene rings is 1. The lowest BCUT2D eigenvalue weighted by Gasteiger charge is -2.11. The van der Waals surface area contributed by atoms with Crippen molar-refractivity contribution in [2.24, 2.45) is 0 Å². The van der Waals surface area contributed by atoms with Gasteiger partial charge in [-0.3, -0.25) is 4.79 Å². The summed E-state index contributed by atoms with van der Waals surface area (Å²) in [6.07, 6.45) is -10.3. The molecule has 0 radical (unpaired) electrons. The summed E-state index contributed by atoms with van der Waals surface area (Å²) < 4.78 is 85.0. The number of hydrogen-bond donors (Lipinski definition) is 1. The molecule has 1 aromatic rings. The second-order valence-corrected chi connectivity index (χ2v) is 3.14. The van der Waals surface area contributed by atoms with Crippen molar-refractivity contribution in [2.75, 3.05) is 5.32 Å². The summed E-state index contributed by atoms with van der Waals surface area (Å²) >= 11 is 0. The van der Waals surface area contributed by atoms with Crippen LogP contribution in [0.4, 0.5) is 36.4 Å². The third kappa shape index (κ3) is 3.34. The molecular formula is C9H4F7NO. The molecule has 1 rings (SSSR count). The van der Waals surface area contributed by atoms with Crippen LogP contribution in [0.25, 0.3) is 0 Å². The van der Waals surface area contributed by atoms with Gasteiger partial charge in [-0.2, -0.15) is 26.3 Å². The van der Waals surface area contributed by atoms with Crippen molar-refractivity contribution in [1.29, 1.82) is 0 Å². The van der Waals surface area contributed by atoms with E-state index >= 15 is 0 Å². The summed E-state index contributed by atoms with van der Waals surface area (Å²) in [4.78, 5) is 10.5. The number of alkyl halides is 6. The highest BCUT2D eigenvalue weighted by Gasteiger charge is 2.39. The van der Waals surface area contributed by atoms with Crippen LogP contribution in [0.2, 0.25) is 0 Å². The highest BCUT2D eigenvalue weighted by atomic mass is 19.4. The zero-order valence-electron chi connectivity index (χ0n) is 8.29. The summed E-state index contributed by atoms with van der Waals surface area (Å²) in [5.74, 6) is -4.09. The quantitative estimate of drug-likeness (QED) is 0.782. The molecule has 0 atom stereocenters. The Morgan fingerprint density at radius 3 is 2.06 bits per heavy atom. The Labute approximate surface area is 95.4 Å². The third-order valence-corrected chi connectivity index (χ3v) is 1.79. The van der Waals surface area contributed by atoms with E-state index < -0.39 is 35.3 Å². The van der Waals surface area contributed by atoms with Crippen LogP contribution in [-0.4, -0.2) is 12.1 Å². The van der Waals surface area contributed by atoms with Gasteiger partial charge in [0.1, 0.15) is 5.82 Å². The minimum absolute atomic E-state index is 0.0823. The lowest BCUT2D eigenvalue weighted by Crippen LogP contribution is -2.30. The minimum Gasteiger partial charge on any atom is -0.318 e. The van der Waals surface area contributed by atoms with Gasteiger partial charge in [0.05, 0.1) is 5.56 Å². The fourth-order valence-corrected chi connectivity index (χ4v) is 1.02. The normalized spacial score (nSPS) is 12.4. The van der Waals surface area contributed by atoms with E-state index in [4.69, 9.17) is 0 Å². The average molecular weight is 275 g/mol. The van der Waals surface area contributed by atoms with Crippen LogP contribution >= 0.6 is 0 Å². The number of hydrogen-bond acceptors (Lipinski definition) is 1. The highest BCUT2D eigenvalue weighted by Crippen LogP contribution is 2.33. The molecule has 1 amide bonds. The second-order valence-electron chi connectivity index (χ2n) is 3.14. The topological polar surface area (TPSA) is 29.1 Å². The second kappa shape index (κ2) is 4.46. The van der Waals surface area contributed by atoms with E-state index in [1.165, 1.54) is 5.32 Å². The lowest BCUT2D eigenvalue weighted by atomic mass is 10.2. The minimum atomic E-state index is -5.24. The molecule has 100 valence electrons. The van der Waals surface area contributed by atoms with Crippen LogP contribution in [0, 0.1) is 5.82 Å². The molecule has 9 heteroatoms. The Morgan fingerprint density at radius 2 is 1.61 bits per heavy atom. The van der Waals surface area contributed by atoms with Gasteiger partial charge < -0.3 is 5.32 Å². The SMILES string of the molecule is O=C(Nc1ccc(F)c(C(F)(F)F)c1)C(F)(F)F. The van der Waals surface area contributed by atoms with Gasteiger partial charge >= 0.3 is 18.3 Å². The number of rotatable bonds is 1. The van der Waals surface area contributed by atoms with E-state index in [0.717, 1.165) is 0 Å². The van der Waals surface area contributed by atoms with Crippen LogP contribution in [-0.2, 0) is 11.0 Å². The highest BCUT2D eigenvalue weighted by molar-refractivity contribution is 5.94. The molecule has 0 aliphatic heterocycles. The van der Waals surface area contributed by atoms with Gasteiger partial charge in [-0.25, -0.2) is 4.39 Å². The van der Waals surface area contributed by atoms with Gasteiger partial charge in [0, 0.05) is 5.69 Å². The summed E-state index contributed by atoms with van der Waals surface area (Å²) in [5, 5.41) is 1.19. The molecule has 0 heterocycles. The number of carbonyl (C=O) groups is 1. The van der Waals surface area contributed by atoms with Crippen molar-refractivity contribution >= 4 is 11.6 Å². The van der Waals surface area contributed by atoms with Crippen LogP contribution in [0.15, 0.2) is 18.2 Å². The molecule has 0 saturated carbocycles. The number of nitrogens with one attached hydrogen (secondary N) is 1. The Balaban J connectivity index is 3.04. The van der Waals surface area contributed by atoms with E-state index in [0.29, 0.717) is 12.1 Å². The molecule has 2 nitrogen and oxygen atoms in total. The fourth-order valence-electron chi connectivity index (χ4n) is 1.02. The predicted octanol–water partition coefficient (Wildman–Crippen LogP) is 3.35. The first-order valence-corrected chi connectivity index (χ1v) is 4.27. The molecule has 0 aliphatic rings. The molecule has 1 N–H and O–H groups in total. The van der Waals surface area contributed by atoms with Crippen molar-refractivity contribution < 1.29 is 35.5 Å². The first-order chi connectivity index (χ1) is 8.01. The maximum atomic E-state index is 12.8. The predicted molar refractivity (Wildman–Crippen MR) is 46.1 cm³/mol. The van der Waals surface area contributed by atoms with Gasteiger partial charge in [-0.05, 0) is 18.2 Å². The van der Waals surface area contributed by atoms with Crippen molar-refractivity contribution in [3.05, 3.63) is 29.6 Å². The Bertz CT molecular complexity index is 463. The average Bonchev–Trinajstić information content (AvgIpc) is 2.17. The van der Waals surface area contributed by atoms with E-state index in [1.807, 2.05) is 0 Å². The Kier molecular flexibility index (Phi) is 3.54. The van der Waals surface area contributed by atoms with Crippen LogP contribution in [0.3, 0.4) is 0 Å². The van der Waals surface area contributed by atoms with Gasteiger partial charge in [-0.1, -0.05) is 0 Å². The third-order valence-electron chi connectivity index (χ3n) is 1.79. The molecule has 0 aromatic heterocycles. The zero-order chi connectivity index (χ0) is 14.1. The smallest absolute Gasteiger partial charge is 0.318 e. The van der Waals surface area contributed by atoms with Crippen LogP contribution in [0.1, 0.15) is 5.56 Å². The maximum absolute atomic E-state index is 12.8. The Morgan fingerprint density at radius 1 is 1.06 bits per heavy atom. The number of halogens is 7. The van der Waals surface area contributed by atoms with Gasteiger partial charge in [0.2, 0.25) is 0 Å². The van der Waals surface area contributed by atoms with Crippen molar-refractivity contribution in [1.82, 2.24) is 0 Å². The molecule has 0 fully saturated rings. The Hall–Kier alpha value is -1.80. The summed E-state index contributed by atoms with van der Waals surface area (Å²) in [7, 11) is 0. The van der Waals surface area contributed by atoms with E-state index in [-0.39, 0.29) is 6.07 Å². The lowest BCUT2D eigenvalue weighted by molar-refractivity contribution is -0.167. The molecule has 18 heavy (non-hydrogen) atoms. The molecule has 0 spiro atoms. The monoisotopic (exact) mass is 275 g/mol. The molecule has 0 unspecified atom stereocenters. The van der Waals surface area contributed by atoms with E-state index in [9.17, 15) is 35.5 Å². The van der Waals surface area contributed by atoms with Crippen molar-refractivity contribution in [3.63, 3.8) is 0 Å². The summed E-state index contributed by atoms with van der Waals surface area (Å²) in [5.41, 5.74) is -2.56. The number of amides is 1.